The van der Waals surface area contributed by atoms with Gasteiger partial charge in [-0.2, -0.15) is 26.3 Å². The van der Waals surface area contributed by atoms with Gasteiger partial charge in [-0.15, -0.1) is 5.10 Å². The maximum atomic E-state index is 14.4. The SMILES string of the molecule is C[C@H]1C(=O)NC[C@@H]1C(=O)Nc1cc(Cc2cc(F)cc(OC(C)(C)C(F)(F)F)c2)n(-c2cnc(C(F)(F)F)nc2)n1. The van der Waals surface area contributed by atoms with Gasteiger partial charge in [-0.25, -0.2) is 19.0 Å². The number of benzene rings is 1. The van der Waals surface area contributed by atoms with Crippen molar-refractivity contribution in [3.63, 3.8) is 0 Å². The molecule has 0 aliphatic carbocycles. The van der Waals surface area contributed by atoms with E-state index in [1.807, 2.05) is 0 Å². The summed E-state index contributed by atoms with van der Waals surface area (Å²) in [7, 11) is 0. The molecule has 1 saturated heterocycles. The first-order chi connectivity index (χ1) is 18.9. The first kappa shape index (κ1) is 29.7. The summed E-state index contributed by atoms with van der Waals surface area (Å²) in [5.74, 6) is -4.97. The summed E-state index contributed by atoms with van der Waals surface area (Å²) >= 11 is 0. The number of nitrogens with zero attached hydrogens (tertiary/aromatic N) is 4. The van der Waals surface area contributed by atoms with Crippen molar-refractivity contribution in [1.82, 2.24) is 25.1 Å². The van der Waals surface area contributed by atoms with Gasteiger partial charge in [-0.05, 0) is 31.5 Å². The molecule has 3 heterocycles. The lowest BCUT2D eigenvalue weighted by Crippen LogP contribution is -2.44. The van der Waals surface area contributed by atoms with Crippen molar-refractivity contribution in [1.29, 1.82) is 0 Å². The molecule has 0 bridgehead atoms. The molecule has 9 nitrogen and oxygen atoms in total. The Morgan fingerprint density at radius 2 is 1.76 bits per heavy atom. The van der Waals surface area contributed by atoms with Gasteiger partial charge < -0.3 is 15.4 Å². The molecule has 1 aromatic carbocycles. The van der Waals surface area contributed by atoms with Crippen molar-refractivity contribution < 1.29 is 45.1 Å². The molecule has 2 atom stereocenters. The van der Waals surface area contributed by atoms with Crippen molar-refractivity contribution >= 4 is 17.6 Å². The second kappa shape index (κ2) is 10.6. The first-order valence-electron chi connectivity index (χ1n) is 12.1. The van der Waals surface area contributed by atoms with E-state index in [0.29, 0.717) is 0 Å². The molecular weight excluding hydrogens is 565 g/mol. The largest absolute Gasteiger partial charge is 0.478 e. The Kier molecular flexibility index (Phi) is 7.71. The molecule has 3 aromatic rings. The fourth-order valence-corrected chi connectivity index (χ4v) is 4.02. The van der Waals surface area contributed by atoms with Crippen molar-refractivity contribution in [3.05, 3.63) is 59.6 Å². The molecule has 0 spiro atoms. The molecule has 2 aromatic heterocycles. The highest BCUT2D eigenvalue weighted by Gasteiger charge is 2.50. The zero-order valence-corrected chi connectivity index (χ0v) is 21.7. The molecule has 4 rings (SSSR count). The lowest BCUT2D eigenvalue weighted by molar-refractivity contribution is -0.234. The van der Waals surface area contributed by atoms with E-state index >= 15 is 0 Å². The van der Waals surface area contributed by atoms with E-state index in [-0.39, 0.29) is 41.6 Å². The molecule has 41 heavy (non-hydrogen) atoms. The summed E-state index contributed by atoms with van der Waals surface area (Å²) in [5.41, 5.74) is -2.37. The third-order valence-electron chi connectivity index (χ3n) is 6.39. The number of alkyl halides is 6. The minimum absolute atomic E-state index is 0.0503. The van der Waals surface area contributed by atoms with Crippen LogP contribution in [0.3, 0.4) is 0 Å². The van der Waals surface area contributed by atoms with Crippen LogP contribution in [0.1, 0.15) is 37.9 Å². The number of carbonyl (C=O) groups is 2. The highest BCUT2D eigenvalue weighted by atomic mass is 19.4. The third kappa shape index (κ3) is 6.57. The number of hydrogen-bond donors (Lipinski definition) is 2. The van der Waals surface area contributed by atoms with Gasteiger partial charge in [0.15, 0.2) is 11.4 Å². The van der Waals surface area contributed by atoms with E-state index in [1.165, 1.54) is 12.1 Å². The Balaban J connectivity index is 1.68. The Bertz CT molecular complexity index is 1450. The smallest absolute Gasteiger partial charge is 0.451 e. The molecule has 2 amide bonds. The summed E-state index contributed by atoms with van der Waals surface area (Å²) in [6, 6.07) is 4.33. The summed E-state index contributed by atoms with van der Waals surface area (Å²) in [5, 5.41) is 9.32. The fourth-order valence-electron chi connectivity index (χ4n) is 4.02. The van der Waals surface area contributed by atoms with E-state index < -0.39 is 53.1 Å². The number of rotatable bonds is 7. The van der Waals surface area contributed by atoms with Crippen LogP contribution in [0.15, 0.2) is 36.7 Å². The highest BCUT2D eigenvalue weighted by Crippen LogP contribution is 2.35. The van der Waals surface area contributed by atoms with Gasteiger partial charge >= 0.3 is 12.4 Å². The predicted molar refractivity (Wildman–Crippen MR) is 128 cm³/mol. The number of ether oxygens (including phenoxy) is 1. The Hall–Kier alpha value is -4.24. The van der Waals surface area contributed by atoms with Crippen LogP contribution in [0.25, 0.3) is 5.69 Å². The van der Waals surface area contributed by atoms with E-state index in [9.17, 15) is 40.3 Å². The van der Waals surface area contributed by atoms with Gasteiger partial charge in [0.1, 0.15) is 17.3 Å². The summed E-state index contributed by atoms with van der Waals surface area (Å²) in [6.45, 7) is 3.22. The molecule has 16 heteroatoms. The monoisotopic (exact) mass is 588 g/mol. The average molecular weight is 588 g/mol. The lowest BCUT2D eigenvalue weighted by Gasteiger charge is -2.29. The maximum Gasteiger partial charge on any atom is 0.451 e. The minimum atomic E-state index is -4.81. The molecule has 220 valence electrons. The van der Waals surface area contributed by atoms with E-state index in [1.54, 1.807) is 6.92 Å². The van der Waals surface area contributed by atoms with Crippen LogP contribution < -0.4 is 15.4 Å². The van der Waals surface area contributed by atoms with Gasteiger partial charge in [-0.3, -0.25) is 9.59 Å². The molecule has 1 aliphatic rings. The van der Waals surface area contributed by atoms with Gasteiger partial charge in [-0.1, -0.05) is 6.92 Å². The van der Waals surface area contributed by atoms with Crippen LogP contribution in [-0.4, -0.2) is 49.9 Å². The van der Waals surface area contributed by atoms with Crippen LogP contribution in [0.4, 0.5) is 36.6 Å². The minimum Gasteiger partial charge on any atom is -0.478 e. The molecule has 1 aliphatic heterocycles. The normalized spacial score (nSPS) is 17.9. The second-order valence-electron chi connectivity index (χ2n) is 9.91. The summed E-state index contributed by atoms with van der Waals surface area (Å²) < 4.78 is 99.3. The van der Waals surface area contributed by atoms with E-state index in [4.69, 9.17) is 4.74 Å². The molecule has 0 saturated carbocycles. The average Bonchev–Trinajstić information content (AvgIpc) is 3.39. The first-order valence-corrected chi connectivity index (χ1v) is 12.1. The predicted octanol–water partition coefficient (Wildman–Crippen LogP) is 4.45. The summed E-state index contributed by atoms with van der Waals surface area (Å²) in [4.78, 5) is 31.2. The van der Waals surface area contributed by atoms with Crippen LogP contribution in [0.2, 0.25) is 0 Å². The van der Waals surface area contributed by atoms with Gasteiger partial charge in [0, 0.05) is 31.0 Å². The molecule has 2 N–H and O–H groups in total. The summed E-state index contributed by atoms with van der Waals surface area (Å²) in [6.07, 6.45) is -8.09. The highest BCUT2D eigenvalue weighted by molar-refractivity contribution is 5.97. The lowest BCUT2D eigenvalue weighted by atomic mass is 9.97. The van der Waals surface area contributed by atoms with Crippen LogP contribution in [-0.2, 0) is 22.2 Å². The molecule has 1 fully saturated rings. The Morgan fingerprint density at radius 3 is 2.32 bits per heavy atom. The Morgan fingerprint density at radius 1 is 1.10 bits per heavy atom. The number of halogens is 7. The molecule has 0 unspecified atom stereocenters. The molecule has 0 radical (unpaired) electrons. The number of aromatic nitrogens is 4. The number of amides is 2. The van der Waals surface area contributed by atoms with Gasteiger partial charge in [0.2, 0.25) is 17.6 Å². The van der Waals surface area contributed by atoms with E-state index in [2.05, 4.69) is 25.7 Å². The topological polar surface area (TPSA) is 111 Å². The van der Waals surface area contributed by atoms with Gasteiger partial charge in [0.25, 0.3) is 0 Å². The van der Waals surface area contributed by atoms with E-state index in [0.717, 1.165) is 43.1 Å². The number of nitrogens with one attached hydrogen (secondary N) is 2. The number of anilines is 1. The second-order valence-corrected chi connectivity index (χ2v) is 9.91. The van der Waals surface area contributed by atoms with Crippen LogP contribution >= 0.6 is 0 Å². The zero-order valence-electron chi connectivity index (χ0n) is 21.7. The number of hydrogen-bond acceptors (Lipinski definition) is 6. The van der Waals surface area contributed by atoms with Crippen molar-refractivity contribution in [2.24, 2.45) is 11.8 Å². The number of carbonyl (C=O) groups excluding carboxylic acids is 2. The van der Waals surface area contributed by atoms with Gasteiger partial charge in [0.05, 0.1) is 24.0 Å². The third-order valence-corrected chi connectivity index (χ3v) is 6.39. The Labute approximate surface area is 228 Å². The van der Waals surface area contributed by atoms with Crippen molar-refractivity contribution in [3.8, 4) is 11.4 Å². The quantitative estimate of drug-likeness (QED) is 0.395. The zero-order chi connectivity index (χ0) is 30.3. The van der Waals surface area contributed by atoms with Crippen molar-refractivity contribution in [2.75, 3.05) is 11.9 Å². The fraction of sp³-hybridized carbons (Fsp3) is 0.400. The standard InChI is InChI=1S/C25H23F7N6O3/c1-12-18(11-33-20(12)39)21(40)36-19-8-15(38(37-19)16-9-34-22(35-10-16)24(27,28)29)5-13-4-14(26)7-17(6-13)41-23(2,3)25(30,31)32/h4,6-10,12,18H,5,11H2,1-3H3,(H,33,39)(H,36,37,40)/t12-,18+/m1/s1. The van der Waals surface area contributed by atoms with Crippen molar-refractivity contribution in [2.45, 2.75) is 45.1 Å². The maximum absolute atomic E-state index is 14.4. The molecular formula is C25H23F7N6O3. The van der Waals surface area contributed by atoms with Crippen LogP contribution in [0.5, 0.6) is 5.75 Å². The van der Waals surface area contributed by atoms with Crippen LogP contribution in [0, 0.1) is 17.7 Å².